The van der Waals surface area contributed by atoms with E-state index in [4.69, 9.17) is 24.5 Å². The third-order valence-corrected chi connectivity index (χ3v) is 5.57. The predicted octanol–water partition coefficient (Wildman–Crippen LogP) is 2.46. The van der Waals surface area contributed by atoms with Crippen LogP contribution in [0.25, 0.3) is 0 Å². The highest BCUT2D eigenvalue weighted by Crippen LogP contribution is 2.31. The molecule has 2 N–H and O–H groups in total. The van der Waals surface area contributed by atoms with Crippen molar-refractivity contribution in [3.63, 3.8) is 0 Å². The van der Waals surface area contributed by atoms with Gasteiger partial charge in [-0.05, 0) is 19.0 Å². The van der Waals surface area contributed by atoms with Gasteiger partial charge >= 0.3 is 17.9 Å². The minimum atomic E-state index is -1.82. The number of aliphatic carboxylic acids is 2. The number of carboxylic acid groups (broad SMARTS) is 2. The third-order valence-electron chi connectivity index (χ3n) is 3.96. The Kier molecular flexibility index (Phi) is 9.45. The Hall–Kier alpha value is -2.76. The Morgan fingerprint density at radius 2 is 1.90 bits per heavy atom. The Balaban J connectivity index is 0.000000469. The number of benzene rings is 1. The van der Waals surface area contributed by atoms with Crippen molar-refractivity contribution in [2.24, 2.45) is 0 Å². The van der Waals surface area contributed by atoms with E-state index < -0.39 is 11.9 Å². The maximum absolute atomic E-state index is 12.0. The van der Waals surface area contributed by atoms with Crippen molar-refractivity contribution >= 4 is 41.4 Å². The summed E-state index contributed by atoms with van der Waals surface area (Å²) in [4.78, 5) is 32.4. The summed E-state index contributed by atoms with van der Waals surface area (Å²) >= 11 is 2.58. The maximum atomic E-state index is 12.0. The quantitative estimate of drug-likeness (QED) is 0.292. The smallest absolute Gasteiger partial charge is 0.414 e. The number of likely N-dealkylation sites (N-methyl/N-ethyl adjacent to an activating group) is 1. The van der Waals surface area contributed by atoms with Crippen LogP contribution in [-0.4, -0.2) is 61.1 Å². The molecule has 1 unspecified atom stereocenters. The van der Waals surface area contributed by atoms with Crippen LogP contribution in [0.3, 0.4) is 0 Å². The molecule has 1 aliphatic heterocycles. The predicted molar refractivity (Wildman–Crippen MR) is 111 cm³/mol. The molecule has 2 heterocycles. The zero-order valence-electron chi connectivity index (χ0n) is 16.1. The number of hydrogen-bond acceptors (Lipinski definition) is 9. The van der Waals surface area contributed by atoms with Crippen LogP contribution in [0.15, 0.2) is 47.5 Å². The van der Waals surface area contributed by atoms with Crippen molar-refractivity contribution in [2.45, 2.75) is 24.1 Å². The van der Waals surface area contributed by atoms with Gasteiger partial charge in [0.1, 0.15) is 17.3 Å². The summed E-state index contributed by atoms with van der Waals surface area (Å²) in [6, 6.07) is 9.82. The highest BCUT2D eigenvalue weighted by atomic mass is 32.2. The van der Waals surface area contributed by atoms with Crippen LogP contribution < -0.4 is 0 Å². The zero-order valence-corrected chi connectivity index (χ0v) is 17.8. The highest BCUT2D eigenvalue weighted by Gasteiger charge is 2.23. The fourth-order valence-electron chi connectivity index (χ4n) is 2.46. The lowest BCUT2D eigenvalue weighted by atomic mass is 10.1. The summed E-state index contributed by atoms with van der Waals surface area (Å²) in [5.74, 6) is -3.65. The zero-order chi connectivity index (χ0) is 21.9. The molecule has 30 heavy (non-hydrogen) atoms. The number of thioether (sulfide) groups is 1. The molecule has 1 aromatic heterocycles. The SMILES string of the molecule is CN1CCC=CC1c1nsnc1SCC(=O)OCc1ccccc1.O=C(O)C(=O)O. The van der Waals surface area contributed by atoms with E-state index in [0.717, 1.165) is 29.2 Å². The molecule has 1 aromatic carbocycles. The van der Waals surface area contributed by atoms with Gasteiger partial charge in [0.25, 0.3) is 0 Å². The van der Waals surface area contributed by atoms with Crippen LogP contribution in [0.2, 0.25) is 0 Å². The monoisotopic (exact) mass is 451 g/mol. The van der Waals surface area contributed by atoms with Crippen molar-refractivity contribution in [3.05, 3.63) is 53.7 Å². The minimum absolute atomic E-state index is 0.139. The summed E-state index contributed by atoms with van der Waals surface area (Å²) in [7, 11) is 2.08. The molecule has 3 rings (SSSR count). The van der Waals surface area contributed by atoms with E-state index in [1.807, 2.05) is 30.3 Å². The number of hydrogen-bond donors (Lipinski definition) is 2. The molecule has 0 saturated heterocycles. The van der Waals surface area contributed by atoms with E-state index in [0.29, 0.717) is 6.61 Å². The number of carbonyl (C=O) groups excluding carboxylic acids is 1. The normalized spacial score (nSPS) is 15.7. The van der Waals surface area contributed by atoms with E-state index in [2.05, 4.69) is 32.8 Å². The number of nitrogens with zero attached hydrogens (tertiary/aromatic N) is 3. The Morgan fingerprint density at radius 3 is 2.53 bits per heavy atom. The van der Waals surface area contributed by atoms with Gasteiger partial charge in [-0.1, -0.05) is 54.2 Å². The van der Waals surface area contributed by atoms with E-state index in [1.54, 1.807) is 0 Å². The number of aromatic nitrogens is 2. The summed E-state index contributed by atoms with van der Waals surface area (Å²) in [5.41, 5.74) is 1.92. The first-order valence-corrected chi connectivity index (χ1v) is 10.6. The first kappa shape index (κ1) is 23.5. The van der Waals surface area contributed by atoms with Crippen molar-refractivity contribution in [2.75, 3.05) is 19.3 Å². The molecule has 0 bridgehead atoms. The third kappa shape index (κ3) is 7.58. The first-order chi connectivity index (χ1) is 14.4. The highest BCUT2D eigenvalue weighted by molar-refractivity contribution is 8.00. The van der Waals surface area contributed by atoms with Crippen LogP contribution in [-0.2, 0) is 25.7 Å². The number of carbonyl (C=O) groups is 3. The molecule has 2 aromatic rings. The molecule has 1 atom stereocenters. The summed E-state index contributed by atoms with van der Waals surface area (Å²) in [5, 5.41) is 15.6. The van der Waals surface area contributed by atoms with Crippen LogP contribution in [0.1, 0.15) is 23.7 Å². The number of ether oxygens (including phenoxy) is 1. The van der Waals surface area contributed by atoms with Gasteiger partial charge in [0.2, 0.25) is 0 Å². The lowest BCUT2D eigenvalue weighted by Crippen LogP contribution is -2.27. The fraction of sp³-hybridized carbons (Fsp3) is 0.316. The van der Waals surface area contributed by atoms with Crippen molar-refractivity contribution < 1.29 is 29.3 Å². The average Bonchev–Trinajstić information content (AvgIpc) is 3.20. The van der Waals surface area contributed by atoms with E-state index in [9.17, 15) is 4.79 Å². The molecular weight excluding hydrogens is 430 g/mol. The van der Waals surface area contributed by atoms with Gasteiger partial charge in [0.15, 0.2) is 0 Å². The molecule has 1 aliphatic rings. The second-order valence-corrected chi connectivity index (χ2v) is 7.63. The van der Waals surface area contributed by atoms with Crippen molar-refractivity contribution in [1.29, 1.82) is 0 Å². The molecular formula is C19H21N3O6S2. The van der Waals surface area contributed by atoms with Crippen LogP contribution in [0.5, 0.6) is 0 Å². The lowest BCUT2D eigenvalue weighted by Gasteiger charge is -2.27. The Morgan fingerprint density at radius 1 is 1.20 bits per heavy atom. The van der Waals surface area contributed by atoms with Crippen molar-refractivity contribution in [1.82, 2.24) is 13.6 Å². The molecule has 0 radical (unpaired) electrons. The summed E-state index contributed by atoms with van der Waals surface area (Å²) in [6.07, 6.45) is 5.38. The summed E-state index contributed by atoms with van der Waals surface area (Å²) < 4.78 is 14.1. The Bertz CT molecular complexity index is 875. The topological polar surface area (TPSA) is 130 Å². The van der Waals surface area contributed by atoms with Gasteiger partial charge in [-0.2, -0.15) is 8.75 Å². The van der Waals surface area contributed by atoms with Gasteiger partial charge in [0, 0.05) is 6.54 Å². The number of esters is 1. The van der Waals surface area contributed by atoms with E-state index >= 15 is 0 Å². The molecule has 0 fully saturated rings. The molecule has 0 aliphatic carbocycles. The molecule has 9 nitrogen and oxygen atoms in total. The van der Waals surface area contributed by atoms with Gasteiger partial charge in [-0.3, -0.25) is 9.69 Å². The molecule has 0 saturated carbocycles. The van der Waals surface area contributed by atoms with Crippen LogP contribution >= 0.6 is 23.5 Å². The van der Waals surface area contributed by atoms with Gasteiger partial charge in [-0.25, -0.2) is 9.59 Å². The van der Waals surface area contributed by atoms with Gasteiger partial charge in [0.05, 0.1) is 23.5 Å². The van der Waals surface area contributed by atoms with E-state index in [-0.39, 0.29) is 17.8 Å². The standard InChI is InChI=1S/C17H19N3O2S2.C2H2O4/c1-20-10-6-5-9-14(20)16-17(19-24-18-16)23-12-15(21)22-11-13-7-3-2-4-8-13;3-1(4)2(5)6/h2-5,7-9,14H,6,10-12H2,1H3;(H,3,4)(H,5,6). The van der Waals surface area contributed by atoms with Crippen LogP contribution in [0, 0.1) is 0 Å². The first-order valence-electron chi connectivity index (χ1n) is 8.86. The molecule has 160 valence electrons. The number of carboxylic acids is 2. The fourth-order valence-corrected chi connectivity index (χ4v) is 3.98. The van der Waals surface area contributed by atoms with E-state index in [1.165, 1.54) is 23.5 Å². The largest absolute Gasteiger partial charge is 0.473 e. The summed E-state index contributed by atoms with van der Waals surface area (Å²) in [6.45, 7) is 1.30. The van der Waals surface area contributed by atoms with Crippen LogP contribution in [0.4, 0.5) is 0 Å². The molecule has 0 amide bonds. The van der Waals surface area contributed by atoms with Crippen molar-refractivity contribution in [3.8, 4) is 0 Å². The maximum Gasteiger partial charge on any atom is 0.414 e. The lowest BCUT2D eigenvalue weighted by molar-refractivity contribution is -0.159. The van der Waals surface area contributed by atoms with Gasteiger partial charge in [-0.15, -0.1) is 0 Å². The molecule has 0 spiro atoms. The van der Waals surface area contributed by atoms with Gasteiger partial charge < -0.3 is 14.9 Å². The molecule has 11 heteroatoms. The average molecular weight is 452 g/mol. The second kappa shape index (κ2) is 12.1. The minimum Gasteiger partial charge on any atom is -0.473 e. The second-order valence-electron chi connectivity index (χ2n) is 6.14. The number of rotatable bonds is 6. The Labute approximate surface area is 181 Å².